The highest BCUT2D eigenvalue weighted by atomic mass is 19.1. The standard InChI is InChI=1S/C9H17FO/c1-7-4-9(10,5-7)8(2)6-11-3/h7-8H,4-6H2,1-3H3/t7?,8-,9?/m0/s1. The number of hydrogen-bond donors (Lipinski definition) is 0. The maximum Gasteiger partial charge on any atom is 0.116 e. The van der Waals surface area contributed by atoms with Gasteiger partial charge in [-0.2, -0.15) is 0 Å². The van der Waals surface area contributed by atoms with Crippen molar-refractivity contribution in [3.05, 3.63) is 0 Å². The second kappa shape index (κ2) is 3.10. The van der Waals surface area contributed by atoms with E-state index in [9.17, 15) is 4.39 Å². The molecule has 1 atom stereocenters. The fraction of sp³-hybridized carbons (Fsp3) is 1.00. The van der Waals surface area contributed by atoms with Gasteiger partial charge in [0.15, 0.2) is 0 Å². The molecule has 1 fully saturated rings. The van der Waals surface area contributed by atoms with Crippen molar-refractivity contribution in [2.45, 2.75) is 32.4 Å². The van der Waals surface area contributed by atoms with Gasteiger partial charge in [0.1, 0.15) is 5.67 Å². The summed E-state index contributed by atoms with van der Waals surface area (Å²) in [6.07, 6.45) is 1.44. The Morgan fingerprint density at radius 2 is 2.18 bits per heavy atom. The van der Waals surface area contributed by atoms with Crippen LogP contribution < -0.4 is 0 Å². The zero-order valence-corrected chi connectivity index (χ0v) is 7.56. The van der Waals surface area contributed by atoms with E-state index in [1.807, 2.05) is 6.92 Å². The van der Waals surface area contributed by atoms with Crippen molar-refractivity contribution in [3.63, 3.8) is 0 Å². The molecule has 0 heterocycles. The normalized spacial score (nSPS) is 39.8. The van der Waals surface area contributed by atoms with Gasteiger partial charge in [0.05, 0.1) is 6.61 Å². The van der Waals surface area contributed by atoms with E-state index in [4.69, 9.17) is 4.74 Å². The van der Waals surface area contributed by atoms with Crippen LogP contribution in [0.15, 0.2) is 0 Å². The summed E-state index contributed by atoms with van der Waals surface area (Å²) in [5, 5.41) is 0. The van der Waals surface area contributed by atoms with Gasteiger partial charge in [-0.25, -0.2) is 4.39 Å². The third-order valence-corrected chi connectivity index (χ3v) is 2.68. The zero-order chi connectivity index (χ0) is 8.48. The van der Waals surface area contributed by atoms with Crippen molar-refractivity contribution >= 4 is 0 Å². The van der Waals surface area contributed by atoms with Gasteiger partial charge in [0, 0.05) is 13.0 Å². The maximum atomic E-state index is 13.7. The van der Waals surface area contributed by atoms with E-state index in [1.165, 1.54) is 0 Å². The van der Waals surface area contributed by atoms with Crippen LogP contribution in [0.4, 0.5) is 4.39 Å². The summed E-state index contributed by atoms with van der Waals surface area (Å²) in [7, 11) is 1.63. The lowest BCUT2D eigenvalue weighted by atomic mass is 9.67. The van der Waals surface area contributed by atoms with Crippen molar-refractivity contribution in [1.82, 2.24) is 0 Å². The zero-order valence-electron chi connectivity index (χ0n) is 7.56. The Bertz CT molecular complexity index is 130. The SMILES string of the molecule is COC[C@H](C)C1(F)CC(C)C1. The highest BCUT2D eigenvalue weighted by Crippen LogP contribution is 2.46. The second-order valence-electron chi connectivity index (χ2n) is 3.90. The van der Waals surface area contributed by atoms with Crippen LogP contribution in [-0.2, 0) is 4.74 Å². The van der Waals surface area contributed by atoms with Crippen molar-refractivity contribution < 1.29 is 9.13 Å². The molecule has 0 bridgehead atoms. The van der Waals surface area contributed by atoms with Crippen molar-refractivity contribution in [1.29, 1.82) is 0 Å². The average molecular weight is 160 g/mol. The highest BCUT2D eigenvalue weighted by Gasteiger charge is 2.46. The minimum atomic E-state index is -0.921. The van der Waals surface area contributed by atoms with E-state index < -0.39 is 5.67 Å². The lowest BCUT2D eigenvalue weighted by Crippen LogP contribution is -2.45. The Kier molecular flexibility index (Phi) is 2.53. The topological polar surface area (TPSA) is 9.23 Å². The summed E-state index contributed by atoms with van der Waals surface area (Å²) in [4.78, 5) is 0. The van der Waals surface area contributed by atoms with Crippen LogP contribution in [-0.4, -0.2) is 19.4 Å². The van der Waals surface area contributed by atoms with Crippen LogP contribution in [0.2, 0.25) is 0 Å². The van der Waals surface area contributed by atoms with E-state index in [2.05, 4.69) is 6.92 Å². The smallest absolute Gasteiger partial charge is 0.116 e. The third-order valence-electron chi connectivity index (χ3n) is 2.68. The number of alkyl halides is 1. The van der Waals surface area contributed by atoms with E-state index in [1.54, 1.807) is 7.11 Å². The van der Waals surface area contributed by atoms with Gasteiger partial charge >= 0.3 is 0 Å². The lowest BCUT2D eigenvalue weighted by Gasteiger charge is -2.43. The summed E-state index contributed by atoms with van der Waals surface area (Å²) < 4.78 is 18.6. The number of halogens is 1. The van der Waals surface area contributed by atoms with Crippen LogP contribution in [0.5, 0.6) is 0 Å². The van der Waals surface area contributed by atoms with E-state index in [-0.39, 0.29) is 5.92 Å². The van der Waals surface area contributed by atoms with Crippen molar-refractivity contribution in [3.8, 4) is 0 Å². The predicted molar refractivity (Wildman–Crippen MR) is 43.3 cm³/mol. The molecule has 1 aliphatic rings. The molecule has 0 N–H and O–H groups in total. The van der Waals surface area contributed by atoms with Gasteiger partial charge in [-0.05, 0) is 18.8 Å². The molecule has 0 unspecified atom stereocenters. The molecule has 0 saturated heterocycles. The Labute approximate surface area is 67.9 Å². The molecular formula is C9H17FO. The van der Waals surface area contributed by atoms with Crippen LogP contribution in [0.1, 0.15) is 26.7 Å². The molecule has 0 aromatic heterocycles. The van der Waals surface area contributed by atoms with E-state index in [0.717, 1.165) is 12.8 Å². The molecule has 1 saturated carbocycles. The van der Waals surface area contributed by atoms with E-state index in [0.29, 0.717) is 12.5 Å². The van der Waals surface area contributed by atoms with Gasteiger partial charge in [0.2, 0.25) is 0 Å². The number of methoxy groups -OCH3 is 1. The number of hydrogen-bond acceptors (Lipinski definition) is 1. The molecule has 11 heavy (non-hydrogen) atoms. The molecule has 1 nitrogen and oxygen atoms in total. The van der Waals surface area contributed by atoms with Gasteiger partial charge in [-0.15, -0.1) is 0 Å². The molecule has 66 valence electrons. The third kappa shape index (κ3) is 1.73. The van der Waals surface area contributed by atoms with Crippen LogP contribution in [0.3, 0.4) is 0 Å². The molecule has 0 amide bonds. The van der Waals surface area contributed by atoms with E-state index >= 15 is 0 Å². The summed E-state index contributed by atoms with van der Waals surface area (Å²) >= 11 is 0. The van der Waals surface area contributed by atoms with Gasteiger partial charge in [-0.1, -0.05) is 13.8 Å². The molecule has 0 spiro atoms. The summed E-state index contributed by atoms with van der Waals surface area (Å²) in [6, 6.07) is 0. The first-order valence-corrected chi connectivity index (χ1v) is 4.26. The highest BCUT2D eigenvalue weighted by molar-refractivity contribution is 4.96. The van der Waals surface area contributed by atoms with Crippen molar-refractivity contribution in [2.75, 3.05) is 13.7 Å². The first-order valence-electron chi connectivity index (χ1n) is 4.26. The molecule has 1 rings (SSSR count). The minimum absolute atomic E-state index is 0.0590. The first kappa shape index (κ1) is 8.98. The molecule has 2 heteroatoms. The Morgan fingerprint density at radius 3 is 2.55 bits per heavy atom. The van der Waals surface area contributed by atoms with Crippen LogP contribution >= 0.6 is 0 Å². The van der Waals surface area contributed by atoms with Gasteiger partial charge in [-0.3, -0.25) is 0 Å². The molecule has 0 radical (unpaired) electrons. The number of ether oxygens (including phenoxy) is 1. The second-order valence-corrected chi connectivity index (χ2v) is 3.90. The summed E-state index contributed by atoms with van der Waals surface area (Å²) in [6.45, 7) is 4.57. The van der Waals surface area contributed by atoms with Gasteiger partial charge in [0.25, 0.3) is 0 Å². The fourth-order valence-electron chi connectivity index (χ4n) is 1.90. The average Bonchev–Trinajstić information content (AvgIpc) is 1.85. The Morgan fingerprint density at radius 1 is 1.64 bits per heavy atom. The van der Waals surface area contributed by atoms with Crippen molar-refractivity contribution in [2.24, 2.45) is 11.8 Å². The largest absolute Gasteiger partial charge is 0.384 e. The number of rotatable bonds is 3. The van der Waals surface area contributed by atoms with Gasteiger partial charge < -0.3 is 4.74 Å². The summed E-state index contributed by atoms with van der Waals surface area (Å²) in [5.41, 5.74) is -0.921. The first-order chi connectivity index (χ1) is 5.08. The maximum absolute atomic E-state index is 13.7. The Hall–Kier alpha value is -0.110. The molecule has 0 aromatic rings. The summed E-state index contributed by atoms with van der Waals surface area (Å²) in [5.74, 6) is 0.628. The van der Waals surface area contributed by atoms with Crippen LogP contribution in [0, 0.1) is 11.8 Å². The molecule has 0 aliphatic heterocycles. The quantitative estimate of drug-likeness (QED) is 0.616. The predicted octanol–water partition coefficient (Wildman–Crippen LogP) is 2.41. The van der Waals surface area contributed by atoms with Crippen LogP contribution in [0.25, 0.3) is 0 Å². The lowest BCUT2D eigenvalue weighted by molar-refractivity contribution is -0.0566. The molecule has 1 aliphatic carbocycles. The molecule has 0 aromatic carbocycles. The molecular weight excluding hydrogens is 143 g/mol. The minimum Gasteiger partial charge on any atom is -0.384 e. The Balaban J connectivity index is 2.34. The monoisotopic (exact) mass is 160 g/mol. The fourth-order valence-corrected chi connectivity index (χ4v) is 1.90.